The molecule has 110 valence electrons. The fourth-order valence-corrected chi connectivity index (χ4v) is 3.29. The summed E-state index contributed by atoms with van der Waals surface area (Å²) in [6.45, 7) is 0. The van der Waals surface area contributed by atoms with Gasteiger partial charge in [-0.25, -0.2) is 8.42 Å². The van der Waals surface area contributed by atoms with Crippen LogP contribution in [0.4, 0.5) is 11.4 Å². The van der Waals surface area contributed by atoms with Crippen LogP contribution in [0.3, 0.4) is 0 Å². The molecule has 0 saturated heterocycles. The molecule has 1 aromatic carbocycles. The number of benzene rings is 1. The van der Waals surface area contributed by atoms with Gasteiger partial charge in [0.25, 0.3) is 15.7 Å². The molecule has 0 amide bonds. The maximum Gasteiger partial charge on any atom is 0.271 e. The van der Waals surface area contributed by atoms with Crippen molar-refractivity contribution in [2.45, 2.75) is 4.90 Å². The summed E-state index contributed by atoms with van der Waals surface area (Å²) in [6.07, 6.45) is 2.64. The van der Waals surface area contributed by atoms with Gasteiger partial charge in [0.2, 0.25) is 0 Å². The fourth-order valence-electron chi connectivity index (χ4n) is 1.47. The molecule has 0 radical (unpaired) electrons. The van der Waals surface area contributed by atoms with Gasteiger partial charge in [-0.05, 0) is 12.1 Å². The van der Waals surface area contributed by atoms with E-state index in [0.717, 1.165) is 18.2 Å². The number of nitro benzene ring substituents is 1. The molecule has 0 atom stereocenters. The molecule has 1 aromatic heterocycles. The Hall–Kier alpha value is -1.90. The van der Waals surface area contributed by atoms with Crippen molar-refractivity contribution < 1.29 is 13.3 Å². The van der Waals surface area contributed by atoms with E-state index in [9.17, 15) is 18.5 Å². The van der Waals surface area contributed by atoms with Crippen molar-refractivity contribution in [3.63, 3.8) is 0 Å². The topological polar surface area (TPSA) is 102 Å². The first-order valence-corrected chi connectivity index (χ1v) is 7.61. The zero-order valence-electron chi connectivity index (χ0n) is 10.2. The minimum Gasteiger partial charge on any atom is -0.276 e. The minimum atomic E-state index is -4.04. The molecule has 0 saturated carbocycles. The summed E-state index contributed by atoms with van der Waals surface area (Å²) in [5.74, 6) is 0. The van der Waals surface area contributed by atoms with Gasteiger partial charge in [-0.1, -0.05) is 23.2 Å². The first kappa shape index (κ1) is 15.5. The van der Waals surface area contributed by atoms with Crippen LogP contribution in [-0.2, 0) is 10.0 Å². The first-order chi connectivity index (χ1) is 9.81. The number of hydrogen-bond donors (Lipinski definition) is 1. The fraction of sp³-hybridized carbons (Fsp3) is 0. The molecule has 0 aliphatic rings. The summed E-state index contributed by atoms with van der Waals surface area (Å²) >= 11 is 11.6. The van der Waals surface area contributed by atoms with E-state index in [1.807, 2.05) is 0 Å². The summed E-state index contributed by atoms with van der Waals surface area (Å²) in [6, 6.07) is 4.47. The standard InChI is InChI=1S/C11H7Cl2N3O4S/c12-8-3-4-14-6-10(8)15-21(19,20)11-2-1-7(16(17)18)5-9(11)13/h1-6,15H. The Morgan fingerprint density at radius 3 is 2.48 bits per heavy atom. The lowest BCUT2D eigenvalue weighted by molar-refractivity contribution is -0.384. The molecule has 0 aliphatic carbocycles. The number of aromatic nitrogens is 1. The Bertz CT molecular complexity index is 811. The number of nitrogens with zero attached hydrogens (tertiary/aromatic N) is 2. The molecule has 0 spiro atoms. The highest BCUT2D eigenvalue weighted by Gasteiger charge is 2.21. The third kappa shape index (κ3) is 3.41. The number of sulfonamides is 1. The van der Waals surface area contributed by atoms with Crippen LogP contribution >= 0.6 is 23.2 Å². The van der Waals surface area contributed by atoms with Crippen molar-refractivity contribution in [1.82, 2.24) is 4.98 Å². The second-order valence-electron chi connectivity index (χ2n) is 3.83. The highest BCUT2D eigenvalue weighted by molar-refractivity contribution is 7.92. The van der Waals surface area contributed by atoms with Gasteiger partial charge < -0.3 is 0 Å². The molecule has 21 heavy (non-hydrogen) atoms. The maximum absolute atomic E-state index is 12.2. The molecule has 0 fully saturated rings. The first-order valence-electron chi connectivity index (χ1n) is 5.37. The van der Waals surface area contributed by atoms with Crippen LogP contribution in [0.15, 0.2) is 41.6 Å². The van der Waals surface area contributed by atoms with Crippen LogP contribution in [0, 0.1) is 10.1 Å². The number of non-ortho nitro benzene ring substituents is 1. The van der Waals surface area contributed by atoms with Crippen LogP contribution in [-0.4, -0.2) is 18.3 Å². The van der Waals surface area contributed by atoms with E-state index in [-0.39, 0.29) is 26.3 Å². The van der Waals surface area contributed by atoms with Crippen LogP contribution < -0.4 is 4.72 Å². The molecule has 0 bridgehead atoms. The highest BCUT2D eigenvalue weighted by Crippen LogP contribution is 2.29. The number of nitro groups is 1. The second-order valence-corrected chi connectivity index (χ2v) is 6.30. The van der Waals surface area contributed by atoms with E-state index < -0.39 is 14.9 Å². The van der Waals surface area contributed by atoms with Gasteiger partial charge in [0.15, 0.2) is 0 Å². The van der Waals surface area contributed by atoms with E-state index >= 15 is 0 Å². The average molecular weight is 348 g/mol. The molecule has 2 rings (SSSR count). The van der Waals surface area contributed by atoms with E-state index in [1.165, 1.54) is 18.5 Å². The van der Waals surface area contributed by atoms with Gasteiger partial charge in [0.1, 0.15) is 4.90 Å². The summed E-state index contributed by atoms with van der Waals surface area (Å²) in [7, 11) is -4.04. The van der Waals surface area contributed by atoms with Gasteiger partial charge in [0, 0.05) is 18.3 Å². The lowest BCUT2D eigenvalue weighted by atomic mass is 10.3. The number of hydrogen-bond acceptors (Lipinski definition) is 5. The minimum absolute atomic E-state index is 0.0774. The predicted octanol–water partition coefficient (Wildman–Crippen LogP) is 3.10. The van der Waals surface area contributed by atoms with Gasteiger partial charge in [-0.2, -0.15) is 0 Å². The Labute approximate surface area is 129 Å². The van der Waals surface area contributed by atoms with Crippen LogP contribution in [0.5, 0.6) is 0 Å². The number of pyridine rings is 1. The number of nitrogens with one attached hydrogen (secondary N) is 1. The summed E-state index contributed by atoms with van der Waals surface area (Å²) in [4.78, 5) is 13.4. The van der Waals surface area contributed by atoms with Gasteiger partial charge in [-0.15, -0.1) is 0 Å². The molecular weight excluding hydrogens is 341 g/mol. The quantitative estimate of drug-likeness (QED) is 0.676. The van der Waals surface area contributed by atoms with Crippen molar-refractivity contribution in [2.75, 3.05) is 4.72 Å². The average Bonchev–Trinajstić information content (AvgIpc) is 2.40. The molecule has 0 aliphatic heterocycles. The molecule has 0 unspecified atom stereocenters. The monoisotopic (exact) mass is 347 g/mol. The Balaban J connectivity index is 2.41. The maximum atomic E-state index is 12.2. The molecular formula is C11H7Cl2N3O4S. The number of anilines is 1. The van der Waals surface area contributed by atoms with Gasteiger partial charge in [0.05, 0.1) is 26.9 Å². The largest absolute Gasteiger partial charge is 0.276 e. The highest BCUT2D eigenvalue weighted by atomic mass is 35.5. The smallest absolute Gasteiger partial charge is 0.271 e. The Morgan fingerprint density at radius 2 is 1.90 bits per heavy atom. The zero-order chi connectivity index (χ0) is 15.6. The van der Waals surface area contributed by atoms with E-state index in [4.69, 9.17) is 23.2 Å². The molecule has 10 heteroatoms. The SMILES string of the molecule is O=[N+]([O-])c1ccc(S(=O)(=O)Nc2cnccc2Cl)c(Cl)c1. The van der Waals surface area contributed by atoms with Crippen molar-refractivity contribution >= 4 is 44.6 Å². The van der Waals surface area contributed by atoms with E-state index in [2.05, 4.69) is 9.71 Å². The van der Waals surface area contributed by atoms with Crippen molar-refractivity contribution in [2.24, 2.45) is 0 Å². The Kier molecular flexibility index (Phi) is 4.31. The van der Waals surface area contributed by atoms with Crippen molar-refractivity contribution in [3.8, 4) is 0 Å². The summed E-state index contributed by atoms with van der Waals surface area (Å²) < 4.78 is 26.6. The van der Waals surface area contributed by atoms with Gasteiger partial charge in [-0.3, -0.25) is 19.8 Å². The molecule has 2 aromatic rings. The third-order valence-corrected chi connectivity index (χ3v) is 4.61. The predicted molar refractivity (Wildman–Crippen MR) is 78.2 cm³/mol. The summed E-state index contributed by atoms with van der Waals surface area (Å²) in [5, 5.41) is 10.5. The number of halogens is 2. The normalized spacial score (nSPS) is 11.1. The second kappa shape index (κ2) is 5.84. The Morgan fingerprint density at radius 1 is 1.19 bits per heavy atom. The third-order valence-electron chi connectivity index (χ3n) is 2.43. The van der Waals surface area contributed by atoms with Gasteiger partial charge >= 0.3 is 0 Å². The molecule has 1 heterocycles. The lowest BCUT2D eigenvalue weighted by Gasteiger charge is -2.10. The summed E-state index contributed by atoms with van der Waals surface area (Å²) in [5.41, 5.74) is -0.230. The van der Waals surface area contributed by atoms with Crippen molar-refractivity contribution in [3.05, 3.63) is 56.8 Å². The van der Waals surface area contributed by atoms with E-state index in [0.29, 0.717) is 0 Å². The van der Waals surface area contributed by atoms with E-state index in [1.54, 1.807) is 0 Å². The molecule has 1 N–H and O–H groups in total. The van der Waals surface area contributed by atoms with Crippen LogP contribution in [0.25, 0.3) is 0 Å². The van der Waals surface area contributed by atoms with Crippen LogP contribution in [0.1, 0.15) is 0 Å². The number of rotatable bonds is 4. The van der Waals surface area contributed by atoms with Crippen LogP contribution in [0.2, 0.25) is 10.0 Å². The molecule has 7 nitrogen and oxygen atoms in total. The zero-order valence-corrected chi connectivity index (χ0v) is 12.5. The van der Waals surface area contributed by atoms with Crippen molar-refractivity contribution in [1.29, 1.82) is 0 Å². The lowest BCUT2D eigenvalue weighted by Crippen LogP contribution is -2.14.